The number of nitrogens with zero attached hydrogens (tertiary/aromatic N) is 4. The minimum atomic E-state index is -0.0719. The van der Waals surface area contributed by atoms with Crippen LogP contribution < -0.4 is 5.32 Å². The van der Waals surface area contributed by atoms with Gasteiger partial charge in [0.1, 0.15) is 0 Å². The van der Waals surface area contributed by atoms with Crippen molar-refractivity contribution in [2.45, 2.75) is 44.9 Å². The molecule has 3 aromatic heterocycles. The van der Waals surface area contributed by atoms with Crippen LogP contribution in [0.3, 0.4) is 0 Å². The predicted molar refractivity (Wildman–Crippen MR) is 125 cm³/mol. The van der Waals surface area contributed by atoms with E-state index in [1.54, 1.807) is 10.9 Å². The fourth-order valence-electron chi connectivity index (χ4n) is 4.25. The molecule has 0 spiro atoms. The Labute approximate surface area is 187 Å². The Morgan fingerprint density at radius 3 is 2.62 bits per heavy atom. The van der Waals surface area contributed by atoms with E-state index in [1.165, 1.54) is 5.56 Å². The molecule has 0 radical (unpaired) electrons. The molecule has 32 heavy (non-hydrogen) atoms. The summed E-state index contributed by atoms with van der Waals surface area (Å²) in [5.74, 6) is 1.33. The van der Waals surface area contributed by atoms with Crippen LogP contribution in [0, 0.1) is 6.92 Å². The molecule has 0 bridgehead atoms. The van der Waals surface area contributed by atoms with Gasteiger partial charge >= 0.3 is 0 Å². The van der Waals surface area contributed by atoms with Crippen molar-refractivity contribution in [1.82, 2.24) is 25.1 Å². The Morgan fingerprint density at radius 2 is 1.94 bits per heavy atom. The summed E-state index contributed by atoms with van der Waals surface area (Å²) in [6, 6.07) is 18.0. The Bertz CT molecular complexity index is 1250. The van der Waals surface area contributed by atoms with Crippen LogP contribution in [-0.4, -0.2) is 32.2 Å². The molecule has 3 heterocycles. The van der Waals surface area contributed by atoms with Crippen LogP contribution in [-0.2, 0) is 0 Å². The van der Waals surface area contributed by atoms with Gasteiger partial charge in [0.05, 0.1) is 16.6 Å². The van der Waals surface area contributed by atoms with Gasteiger partial charge < -0.3 is 5.32 Å². The molecule has 0 aliphatic heterocycles. The minimum absolute atomic E-state index is 0.0719. The molecular formula is C26H27N5O. The molecule has 1 aliphatic carbocycles. The monoisotopic (exact) mass is 425 g/mol. The highest BCUT2D eigenvalue weighted by molar-refractivity contribution is 6.06. The second-order valence-corrected chi connectivity index (χ2v) is 8.48. The fourth-order valence-corrected chi connectivity index (χ4v) is 4.25. The highest BCUT2D eigenvalue weighted by Crippen LogP contribution is 2.40. The summed E-state index contributed by atoms with van der Waals surface area (Å²) in [5.41, 5.74) is 4.34. The van der Waals surface area contributed by atoms with Gasteiger partial charge in [-0.05, 0) is 49.9 Å². The Kier molecular flexibility index (Phi) is 5.43. The molecule has 4 aromatic rings. The largest absolute Gasteiger partial charge is 0.351 e. The normalized spacial score (nSPS) is 14.4. The smallest absolute Gasteiger partial charge is 0.252 e. The molecule has 0 saturated heterocycles. The zero-order chi connectivity index (χ0) is 22.1. The molecule has 6 heteroatoms. The number of carbonyl (C=O) groups excluding carboxylic acids is 1. The second kappa shape index (κ2) is 8.54. The molecule has 6 nitrogen and oxygen atoms in total. The van der Waals surface area contributed by atoms with Gasteiger partial charge in [0, 0.05) is 30.3 Å². The van der Waals surface area contributed by atoms with E-state index in [4.69, 9.17) is 10.1 Å². The average Bonchev–Trinajstić information content (AvgIpc) is 3.64. The van der Waals surface area contributed by atoms with E-state index in [0.717, 1.165) is 36.0 Å². The molecular weight excluding hydrogens is 398 g/mol. The molecule has 1 fully saturated rings. The molecule has 1 N–H and O–H groups in total. The lowest BCUT2D eigenvalue weighted by Gasteiger charge is -2.17. The summed E-state index contributed by atoms with van der Waals surface area (Å²) in [5, 5.41) is 8.68. The lowest BCUT2D eigenvalue weighted by molar-refractivity contribution is 0.0952. The van der Waals surface area contributed by atoms with Crippen LogP contribution in [0.4, 0.5) is 0 Å². The molecule has 1 unspecified atom stereocenters. The van der Waals surface area contributed by atoms with E-state index in [-0.39, 0.29) is 11.8 Å². The van der Waals surface area contributed by atoms with Crippen molar-refractivity contribution in [1.29, 1.82) is 0 Å². The number of carbonyl (C=O) groups is 1. The van der Waals surface area contributed by atoms with Gasteiger partial charge in [-0.2, -0.15) is 9.78 Å². The number of pyridine rings is 2. The predicted octanol–water partition coefficient (Wildman–Crippen LogP) is 4.92. The molecule has 5 rings (SSSR count). The van der Waals surface area contributed by atoms with Gasteiger partial charge in [-0.15, -0.1) is 0 Å². The van der Waals surface area contributed by atoms with Gasteiger partial charge in [0.15, 0.2) is 11.5 Å². The van der Waals surface area contributed by atoms with Crippen LogP contribution in [0.15, 0.2) is 60.8 Å². The third kappa shape index (κ3) is 3.88. The van der Waals surface area contributed by atoms with E-state index < -0.39 is 0 Å². The van der Waals surface area contributed by atoms with Crippen LogP contribution in [0.1, 0.15) is 65.3 Å². The first kappa shape index (κ1) is 20.4. The van der Waals surface area contributed by atoms with Gasteiger partial charge in [-0.25, -0.2) is 9.97 Å². The van der Waals surface area contributed by atoms with Crippen molar-refractivity contribution >= 4 is 16.9 Å². The maximum atomic E-state index is 13.4. The number of nitrogens with one attached hydrogen (secondary N) is 1. The van der Waals surface area contributed by atoms with E-state index >= 15 is 0 Å². The number of aromatic nitrogens is 4. The zero-order valence-electron chi connectivity index (χ0n) is 18.5. The Balaban J connectivity index is 1.51. The maximum Gasteiger partial charge on any atom is 0.252 e. The topological polar surface area (TPSA) is 72.7 Å². The van der Waals surface area contributed by atoms with Gasteiger partial charge in [0.25, 0.3) is 5.91 Å². The Hall–Kier alpha value is -3.54. The fraction of sp³-hybridized carbons (Fsp3) is 0.308. The number of amides is 1. The first-order valence-corrected chi connectivity index (χ1v) is 11.3. The number of fused-ring (bicyclic) bond motifs is 1. The number of aryl methyl sites for hydroxylation is 1. The first-order chi connectivity index (χ1) is 15.7. The molecule has 1 amide bonds. The molecule has 1 atom stereocenters. The molecule has 162 valence electrons. The molecule has 1 aliphatic rings. The van der Waals surface area contributed by atoms with E-state index in [0.29, 0.717) is 29.5 Å². The van der Waals surface area contributed by atoms with Gasteiger partial charge in [0.2, 0.25) is 0 Å². The van der Waals surface area contributed by atoms with Crippen LogP contribution >= 0.6 is 0 Å². The third-order valence-electron chi connectivity index (χ3n) is 6.21. The quantitative estimate of drug-likeness (QED) is 0.456. The zero-order valence-corrected chi connectivity index (χ0v) is 18.5. The van der Waals surface area contributed by atoms with Crippen LogP contribution in [0.25, 0.3) is 16.9 Å². The molecule has 1 aromatic carbocycles. The van der Waals surface area contributed by atoms with Gasteiger partial charge in [-0.3, -0.25) is 4.79 Å². The highest BCUT2D eigenvalue weighted by atomic mass is 16.1. The van der Waals surface area contributed by atoms with Crippen molar-refractivity contribution in [2.24, 2.45) is 0 Å². The summed E-state index contributed by atoms with van der Waals surface area (Å²) in [6.45, 7) is 4.67. The van der Waals surface area contributed by atoms with Crippen LogP contribution in [0.2, 0.25) is 0 Å². The first-order valence-electron chi connectivity index (χ1n) is 11.3. The summed E-state index contributed by atoms with van der Waals surface area (Å²) in [7, 11) is 0. The summed E-state index contributed by atoms with van der Waals surface area (Å²) in [4.78, 5) is 22.8. The summed E-state index contributed by atoms with van der Waals surface area (Å²) < 4.78 is 1.76. The SMILES string of the molecule is CCC(CNC(=O)c1cc(C2CC2)nc2c1c(C)nn2-c1ccccn1)c1ccccc1. The van der Waals surface area contributed by atoms with E-state index in [1.807, 2.05) is 49.4 Å². The second-order valence-electron chi connectivity index (χ2n) is 8.48. The summed E-state index contributed by atoms with van der Waals surface area (Å²) in [6.07, 6.45) is 4.93. The van der Waals surface area contributed by atoms with Crippen LogP contribution in [0.5, 0.6) is 0 Å². The third-order valence-corrected chi connectivity index (χ3v) is 6.21. The van der Waals surface area contributed by atoms with E-state index in [2.05, 4.69) is 29.4 Å². The van der Waals surface area contributed by atoms with Gasteiger partial charge in [-0.1, -0.05) is 43.3 Å². The van der Waals surface area contributed by atoms with Crippen molar-refractivity contribution in [3.05, 3.63) is 83.3 Å². The van der Waals surface area contributed by atoms with Crippen molar-refractivity contribution in [3.8, 4) is 5.82 Å². The molecule has 1 saturated carbocycles. The number of hydrogen-bond acceptors (Lipinski definition) is 4. The lowest BCUT2D eigenvalue weighted by atomic mass is 9.96. The standard InChI is InChI=1S/C26H27N5O/c1-3-18(19-9-5-4-6-10-19)16-28-26(32)21-15-22(20-12-13-20)29-25-24(21)17(2)30-31(25)23-11-7-8-14-27-23/h4-11,14-15,18,20H,3,12-13,16H2,1-2H3,(H,28,32). The maximum absolute atomic E-state index is 13.4. The van der Waals surface area contributed by atoms with Crippen molar-refractivity contribution < 1.29 is 4.79 Å². The van der Waals surface area contributed by atoms with Crippen molar-refractivity contribution in [2.75, 3.05) is 6.54 Å². The number of hydrogen-bond donors (Lipinski definition) is 1. The summed E-state index contributed by atoms with van der Waals surface area (Å²) >= 11 is 0. The minimum Gasteiger partial charge on any atom is -0.351 e. The lowest BCUT2D eigenvalue weighted by Crippen LogP contribution is -2.28. The highest BCUT2D eigenvalue weighted by Gasteiger charge is 2.29. The average molecular weight is 426 g/mol. The Morgan fingerprint density at radius 1 is 1.16 bits per heavy atom. The number of rotatable bonds is 7. The van der Waals surface area contributed by atoms with Crippen molar-refractivity contribution in [3.63, 3.8) is 0 Å². The van der Waals surface area contributed by atoms with E-state index in [9.17, 15) is 4.79 Å². The number of benzene rings is 1.